The van der Waals surface area contributed by atoms with Gasteiger partial charge in [0.05, 0.1) is 13.0 Å². The normalized spacial score (nSPS) is 9.79. The second-order valence-electron chi connectivity index (χ2n) is 2.43. The van der Waals surface area contributed by atoms with E-state index in [9.17, 15) is 9.59 Å². The molecule has 1 heterocycles. The predicted octanol–water partition coefficient (Wildman–Crippen LogP) is -1.45. The van der Waals surface area contributed by atoms with Gasteiger partial charge < -0.3 is 4.84 Å². The first-order valence-corrected chi connectivity index (χ1v) is 3.91. The molecular formula is C7H10N4O3. The van der Waals surface area contributed by atoms with Crippen molar-refractivity contribution in [3.05, 3.63) is 28.7 Å². The van der Waals surface area contributed by atoms with E-state index in [0.29, 0.717) is 0 Å². The summed E-state index contributed by atoms with van der Waals surface area (Å²) in [6, 6.07) is 2.89. The summed E-state index contributed by atoms with van der Waals surface area (Å²) in [5.41, 5.74) is 1.50. The number of hydrogen-bond acceptors (Lipinski definition) is 6. The summed E-state index contributed by atoms with van der Waals surface area (Å²) in [5, 5.41) is 3.76. The second kappa shape index (κ2) is 5.10. The van der Waals surface area contributed by atoms with Crippen LogP contribution in [0.5, 0.6) is 0 Å². The maximum atomic E-state index is 11.1. The van der Waals surface area contributed by atoms with Crippen LogP contribution in [-0.2, 0) is 16.2 Å². The van der Waals surface area contributed by atoms with Gasteiger partial charge in [-0.15, -0.1) is 0 Å². The maximum absolute atomic E-state index is 11.1. The number of aromatic nitrogens is 2. The molecule has 76 valence electrons. The van der Waals surface area contributed by atoms with Crippen molar-refractivity contribution in [2.75, 3.05) is 0 Å². The van der Waals surface area contributed by atoms with Gasteiger partial charge in [-0.05, 0) is 6.07 Å². The first-order chi connectivity index (χ1) is 6.74. The SMILES string of the molecule is NNOC(=O)CCn1ncccc1=O. The van der Waals surface area contributed by atoms with E-state index in [2.05, 4.69) is 9.94 Å². The predicted molar refractivity (Wildman–Crippen MR) is 46.5 cm³/mol. The summed E-state index contributed by atoms with van der Waals surface area (Å²) >= 11 is 0. The molecule has 1 aromatic rings. The summed E-state index contributed by atoms with van der Waals surface area (Å²) in [7, 11) is 0. The Kier molecular flexibility index (Phi) is 3.77. The van der Waals surface area contributed by atoms with Crippen LogP contribution in [0.2, 0.25) is 0 Å². The number of nitrogens with zero attached hydrogens (tertiary/aromatic N) is 2. The van der Waals surface area contributed by atoms with Crippen LogP contribution in [0.25, 0.3) is 0 Å². The molecule has 0 saturated heterocycles. The average molecular weight is 198 g/mol. The van der Waals surface area contributed by atoms with Crippen LogP contribution < -0.4 is 17.0 Å². The Hall–Kier alpha value is -1.73. The molecule has 1 rings (SSSR count). The van der Waals surface area contributed by atoms with E-state index in [1.165, 1.54) is 18.3 Å². The number of carbonyl (C=O) groups is 1. The van der Waals surface area contributed by atoms with E-state index >= 15 is 0 Å². The molecule has 0 aliphatic rings. The minimum Gasteiger partial charge on any atom is -0.356 e. The third kappa shape index (κ3) is 2.96. The Morgan fingerprint density at radius 2 is 2.50 bits per heavy atom. The summed E-state index contributed by atoms with van der Waals surface area (Å²) in [5.74, 6) is 4.20. The zero-order chi connectivity index (χ0) is 10.4. The van der Waals surface area contributed by atoms with Crippen LogP contribution in [0.3, 0.4) is 0 Å². The highest BCUT2D eigenvalue weighted by Crippen LogP contribution is 1.86. The van der Waals surface area contributed by atoms with Gasteiger partial charge in [-0.3, -0.25) is 9.59 Å². The second-order valence-corrected chi connectivity index (χ2v) is 2.43. The van der Waals surface area contributed by atoms with Gasteiger partial charge in [-0.1, -0.05) is 5.59 Å². The van der Waals surface area contributed by atoms with E-state index in [1.807, 2.05) is 0 Å². The smallest absolute Gasteiger partial charge is 0.328 e. The van der Waals surface area contributed by atoms with Crippen molar-refractivity contribution in [2.24, 2.45) is 5.84 Å². The molecule has 0 bridgehead atoms. The third-order valence-corrected chi connectivity index (χ3v) is 1.49. The highest BCUT2D eigenvalue weighted by atomic mass is 16.7. The molecule has 3 N–H and O–H groups in total. The molecule has 7 heteroatoms. The fraction of sp³-hybridized carbons (Fsp3) is 0.286. The quantitative estimate of drug-likeness (QED) is 0.454. The lowest BCUT2D eigenvalue weighted by Crippen LogP contribution is -2.28. The number of nitrogens with one attached hydrogen (secondary N) is 1. The first-order valence-electron chi connectivity index (χ1n) is 3.91. The highest BCUT2D eigenvalue weighted by Gasteiger charge is 2.03. The summed E-state index contributed by atoms with van der Waals surface area (Å²) in [6.07, 6.45) is 1.50. The molecule has 0 saturated carbocycles. The summed E-state index contributed by atoms with van der Waals surface area (Å²) < 4.78 is 1.16. The van der Waals surface area contributed by atoms with Crippen LogP contribution in [0.4, 0.5) is 0 Å². The van der Waals surface area contributed by atoms with E-state index in [0.717, 1.165) is 4.68 Å². The standard InChI is InChI=1S/C7H10N4O3/c8-10-14-7(13)3-5-11-6(12)2-1-4-9-11/h1-2,4,10H,3,5,8H2. The lowest BCUT2D eigenvalue weighted by molar-refractivity contribution is -0.151. The Morgan fingerprint density at radius 1 is 1.71 bits per heavy atom. The van der Waals surface area contributed by atoms with Crippen molar-refractivity contribution in [3.8, 4) is 0 Å². The van der Waals surface area contributed by atoms with Crippen LogP contribution in [0, 0.1) is 0 Å². The van der Waals surface area contributed by atoms with E-state index in [-0.39, 0.29) is 18.5 Å². The Bertz CT molecular complexity index is 362. The topological polar surface area (TPSA) is 99.2 Å². The molecule has 14 heavy (non-hydrogen) atoms. The molecule has 0 amide bonds. The van der Waals surface area contributed by atoms with E-state index in [4.69, 9.17) is 5.84 Å². The van der Waals surface area contributed by atoms with Gasteiger partial charge in [-0.2, -0.15) is 5.10 Å². The third-order valence-electron chi connectivity index (χ3n) is 1.49. The molecule has 0 spiro atoms. The minimum atomic E-state index is -0.551. The van der Waals surface area contributed by atoms with Crippen LogP contribution in [0.15, 0.2) is 23.1 Å². The minimum absolute atomic E-state index is 0.0289. The zero-order valence-electron chi connectivity index (χ0n) is 7.34. The Morgan fingerprint density at radius 3 is 3.14 bits per heavy atom. The van der Waals surface area contributed by atoms with Gasteiger partial charge in [0.2, 0.25) is 0 Å². The number of hydrogen-bond donors (Lipinski definition) is 2. The number of aryl methyl sites for hydroxylation is 1. The van der Waals surface area contributed by atoms with Crippen molar-refractivity contribution in [2.45, 2.75) is 13.0 Å². The Balaban J connectivity index is 2.50. The molecule has 7 nitrogen and oxygen atoms in total. The fourth-order valence-electron chi connectivity index (χ4n) is 0.869. The van der Waals surface area contributed by atoms with Crippen molar-refractivity contribution in [3.63, 3.8) is 0 Å². The maximum Gasteiger partial charge on any atom is 0.328 e. The van der Waals surface area contributed by atoms with Crippen LogP contribution >= 0.6 is 0 Å². The van der Waals surface area contributed by atoms with Crippen LogP contribution in [-0.4, -0.2) is 15.7 Å². The van der Waals surface area contributed by atoms with Gasteiger partial charge in [0.15, 0.2) is 0 Å². The molecular weight excluding hydrogens is 188 g/mol. The zero-order valence-corrected chi connectivity index (χ0v) is 7.34. The van der Waals surface area contributed by atoms with Gasteiger partial charge in [0, 0.05) is 12.3 Å². The van der Waals surface area contributed by atoms with Gasteiger partial charge in [0.25, 0.3) is 5.56 Å². The van der Waals surface area contributed by atoms with Crippen molar-refractivity contribution in [1.29, 1.82) is 0 Å². The van der Waals surface area contributed by atoms with Crippen molar-refractivity contribution < 1.29 is 9.63 Å². The number of nitrogens with two attached hydrogens (primary N) is 1. The van der Waals surface area contributed by atoms with Gasteiger partial charge >= 0.3 is 5.97 Å². The largest absolute Gasteiger partial charge is 0.356 e. The van der Waals surface area contributed by atoms with E-state index < -0.39 is 5.97 Å². The number of carbonyl (C=O) groups excluding carboxylic acids is 1. The van der Waals surface area contributed by atoms with Crippen LogP contribution in [0.1, 0.15) is 6.42 Å². The summed E-state index contributed by atoms with van der Waals surface area (Å²) in [4.78, 5) is 26.2. The molecule has 0 aliphatic carbocycles. The van der Waals surface area contributed by atoms with Crippen molar-refractivity contribution >= 4 is 5.97 Å². The molecule has 0 fully saturated rings. The highest BCUT2D eigenvalue weighted by molar-refractivity contribution is 5.68. The molecule has 0 unspecified atom stereocenters. The molecule has 0 atom stereocenters. The fourth-order valence-corrected chi connectivity index (χ4v) is 0.869. The molecule has 1 aromatic heterocycles. The number of rotatable bonds is 4. The van der Waals surface area contributed by atoms with E-state index in [1.54, 1.807) is 5.59 Å². The number of hydrazine groups is 1. The molecule has 0 radical (unpaired) electrons. The monoisotopic (exact) mass is 198 g/mol. The average Bonchev–Trinajstić information content (AvgIpc) is 2.17. The Labute approximate surface area is 79.4 Å². The lowest BCUT2D eigenvalue weighted by Gasteiger charge is -2.02. The molecule has 0 aliphatic heterocycles. The van der Waals surface area contributed by atoms with Crippen molar-refractivity contribution in [1.82, 2.24) is 15.4 Å². The lowest BCUT2D eigenvalue weighted by atomic mass is 10.4. The van der Waals surface area contributed by atoms with Gasteiger partial charge in [0.1, 0.15) is 0 Å². The molecule has 0 aromatic carbocycles. The summed E-state index contributed by atoms with van der Waals surface area (Å²) in [6.45, 7) is 0.167. The first kappa shape index (κ1) is 10.4. The van der Waals surface area contributed by atoms with Gasteiger partial charge in [-0.25, -0.2) is 10.5 Å².